The number of amidine groups is 1. The van der Waals surface area contributed by atoms with Crippen LogP contribution in [-0.4, -0.2) is 76.9 Å². The fourth-order valence-electron chi connectivity index (χ4n) is 3.21. The zero-order valence-electron chi connectivity index (χ0n) is 15.8. The van der Waals surface area contributed by atoms with Crippen LogP contribution < -0.4 is 0 Å². The molecule has 2 heterocycles. The number of aliphatic hydroxyl groups excluding tert-OH is 2. The lowest BCUT2D eigenvalue weighted by molar-refractivity contribution is -0.193. The van der Waals surface area contributed by atoms with Gasteiger partial charge in [0, 0.05) is 20.5 Å². The van der Waals surface area contributed by atoms with Gasteiger partial charge in [0.25, 0.3) is 0 Å². The minimum atomic E-state index is -1.07. The number of thioether (sulfide) groups is 1. The van der Waals surface area contributed by atoms with E-state index in [0.29, 0.717) is 13.0 Å². The molecule has 0 bridgehead atoms. The largest absolute Gasteiger partial charge is 0.388 e. The van der Waals surface area contributed by atoms with Crippen LogP contribution in [0.2, 0.25) is 0 Å². The Morgan fingerprint density at radius 2 is 1.89 bits per heavy atom. The van der Waals surface area contributed by atoms with Crippen LogP contribution in [0.3, 0.4) is 0 Å². The lowest BCUT2D eigenvalue weighted by Gasteiger charge is -2.40. The van der Waals surface area contributed by atoms with Crippen LogP contribution in [0.4, 0.5) is 4.39 Å². The smallest absolute Gasteiger partial charge is 0.161 e. The van der Waals surface area contributed by atoms with Gasteiger partial charge in [0.15, 0.2) is 5.17 Å². The summed E-state index contributed by atoms with van der Waals surface area (Å²) in [6.45, 7) is 1.80. The van der Waals surface area contributed by atoms with E-state index in [1.165, 1.54) is 11.8 Å². The SMILES string of the molecule is C[C@H](OCc1ccc(CCF)cc1)[C@H]1O[C@@H]2SC(N(C)C)=N[C@@H]2[C@@H](O)[C@@H]1O. The Hall–Kier alpha value is -1.19. The molecule has 1 aromatic carbocycles. The zero-order chi connectivity index (χ0) is 19.6. The third kappa shape index (κ3) is 4.63. The standard InChI is InChI=1S/C19H27FN2O4S/c1-11(25-10-13-6-4-12(5-7-13)8-9-20)17-16(24)15(23)14-18(26-17)27-19(21-14)22(2)3/h4-7,11,14-18,23-24H,8-10H2,1-3H3/t11-,14+,15+,16-,17+,18+/m0/s1. The summed E-state index contributed by atoms with van der Waals surface area (Å²) < 4.78 is 24.3. The summed E-state index contributed by atoms with van der Waals surface area (Å²) in [7, 11) is 3.77. The molecule has 1 fully saturated rings. The van der Waals surface area contributed by atoms with Gasteiger partial charge in [0.05, 0.1) is 19.4 Å². The van der Waals surface area contributed by atoms with Crippen LogP contribution in [0.25, 0.3) is 0 Å². The number of hydrogen-bond donors (Lipinski definition) is 2. The molecule has 0 radical (unpaired) electrons. The molecule has 0 spiro atoms. The first-order chi connectivity index (χ1) is 12.9. The molecule has 1 aromatic rings. The van der Waals surface area contributed by atoms with Gasteiger partial charge in [0.1, 0.15) is 29.8 Å². The van der Waals surface area contributed by atoms with Crippen molar-refractivity contribution in [3.05, 3.63) is 35.4 Å². The van der Waals surface area contributed by atoms with E-state index in [4.69, 9.17) is 9.47 Å². The van der Waals surface area contributed by atoms with Crippen LogP contribution >= 0.6 is 11.8 Å². The van der Waals surface area contributed by atoms with E-state index in [1.54, 1.807) is 0 Å². The van der Waals surface area contributed by atoms with Crippen molar-refractivity contribution in [3.63, 3.8) is 0 Å². The van der Waals surface area contributed by atoms with Gasteiger partial charge in [-0.25, -0.2) is 0 Å². The van der Waals surface area contributed by atoms with Crippen molar-refractivity contribution in [2.45, 2.75) is 55.8 Å². The minimum absolute atomic E-state index is 0.336. The summed E-state index contributed by atoms with van der Waals surface area (Å²) in [4.78, 5) is 6.32. The lowest BCUT2D eigenvalue weighted by atomic mass is 9.95. The number of alkyl halides is 1. The van der Waals surface area contributed by atoms with E-state index in [0.717, 1.165) is 16.3 Å². The molecule has 0 aliphatic carbocycles. The molecule has 1 saturated heterocycles. The van der Waals surface area contributed by atoms with Crippen LogP contribution in [-0.2, 0) is 22.5 Å². The monoisotopic (exact) mass is 398 g/mol. The lowest BCUT2D eigenvalue weighted by Crippen LogP contribution is -2.58. The molecule has 150 valence electrons. The Kier molecular flexibility index (Phi) is 6.75. The number of halogens is 1. The van der Waals surface area contributed by atoms with E-state index >= 15 is 0 Å². The first-order valence-electron chi connectivity index (χ1n) is 9.09. The molecular formula is C19H27FN2O4S. The first kappa shape index (κ1) is 20.5. The maximum absolute atomic E-state index is 12.4. The second-order valence-corrected chi connectivity index (χ2v) is 8.20. The topological polar surface area (TPSA) is 74.5 Å². The summed E-state index contributed by atoms with van der Waals surface area (Å²) in [6.07, 6.45) is -2.71. The van der Waals surface area contributed by atoms with Crippen molar-refractivity contribution in [2.75, 3.05) is 20.8 Å². The van der Waals surface area contributed by atoms with Crippen LogP contribution in [0.15, 0.2) is 29.3 Å². The Bertz CT molecular complexity index is 658. The number of hydrogen-bond acceptors (Lipinski definition) is 7. The summed E-state index contributed by atoms with van der Waals surface area (Å²) in [5, 5.41) is 21.7. The van der Waals surface area contributed by atoms with E-state index in [1.807, 2.05) is 50.2 Å². The van der Waals surface area contributed by atoms with Gasteiger partial charge < -0.3 is 24.6 Å². The van der Waals surface area contributed by atoms with Crippen LogP contribution in [0, 0.1) is 0 Å². The van der Waals surface area contributed by atoms with Gasteiger partial charge in [-0.15, -0.1) is 0 Å². The van der Waals surface area contributed by atoms with Crippen LogP contribution in [0.5, 0.6) is 0 Å². The molecule has 2 aliphatic rings. The Labute approximate surface area is 163 Å². The Morgan fingerprint density at radius 1 is 1.22 bits per heavy atom. The fourth-order valence-corrected chi connectivity index (χ4v) is 4.36. The number of benzene rings is 1. The molecular weight excluding hydrogens is 371 g/mol. The van der Waals surface area contributed by atoms with Gasteiger partial charge in [-0.05, 0) is 18.1 Å². The third-order valence-corrected chi connectivity index (χ3v) is 6.16. The van der Waals surface area contributed by atoms with Crippen molar-refractivity contribution >= 4 is 16.9 Å². The molecule has 8 heteroatoms. The van der Waals surface area contributed by atoms with Crippen molar-refractivity contribution < 1.29 is 24.1 Å². The number of fused-ring (bicyclic) bond motifs is 1. The summed E-state index contributed by atoms with van der Waals surface area (Å²) >= 11 is 1.45. The fraction of sp³-hybridized carbons (Fsp3) is 0.632. The molecule has 6 nitrogen and oxygen atoms in total. The molecule has 6 atom stereocenters. The van der Waals surface area contributed by atoms with Crippen molar-refractivity contribution in [1.29, 1.82) is 0 Å². The van der Waals surface area contributed by atoms with Crippen molar-refractivity contribution in [2.24, 2.45) is 4.99 Å². The number of aliphatic hydroxyl groups is 2. The minimum Gasteiger partial charge on any atom is -0.388 e. The number of aryl methyl sites for hydroxylation is 1. The first-order valence-corrected chi connectivity index (χ1v) is 9.97. The predicted octanol–water partition coefficient (Wildman–Crippen LogP) is 1.58. The number of rotatable bonds is 6. The maximum atomic E-state index is 12.4. The highest BCUT2D eigenvalue weighted by Crippen LogP contribution is 2.38. The average molecular weight is 399 g/mol. The predicted molar refractivity (Wildman–Crippen MR) is 104 cm³/mol. The number of aliphatic imine (C=N–C) groups is 1. The second kappa shape index (κ2) is 8.87. The average Bonchev–Trinajstić information content (AvgIpc) is 3.09. The van der Waals surface area contributed by atoms with E-state index in [-0.39, 0.29) is 12.1 Å². The molecule has 2 aliphatic heterocycles. The number of nitrogens with zero attached hydrogens (tertiary/aromatic N) is 2. The summed E-state index contributed by atoms with van der Waals surface area (Å²) in [5.41, 5.74) is 1.57. The van der Waals surface area contributed by atoms with Gasteiger partial charge in [0.2, 0.25) is 0 Å². The van der Waals surface area contributed by atoms with Gasteiger partial charge >= 0.3 is 0 Å². The highest BCUT2D eigenvalue weighted by molar-refractivity contribution is 8.14. The van der Waals surface area contributed by atoms with Crippen LogP contribution in [0.1, 0.15) is 18.1 Å². The molecule has 0 aromatic heterocycles. The highest BCUT2D eigenvalue weighted by Gasteiger charge is 2.50. The third-order valence-electron chi connectivity index (χ3n) is 4.85. The Balaban J connectivity index is 1.58. The number of ether oxygens (including phenoxy) is 2. The van der Waals surface area contributed by atoms with E-state index < -0.39 is 30.5 Å². The van der Waals surface area contributed by atoms with Gasteiger partial charge in [-0.3, -0.25) is 9.38 Å². The normalized spacial score (nSPS) is 31.3. The summed E-state index contributed by atoms with van der Waals surface area (Å²) in [5.74, 6) is 0. The van der Waals surface area contributed by atoms with Crippen molar-refractivity contribution in [1.82, 2.24) is 4.90 Å². The second-order valence-electron chi connectivity index (χ2n) is 7.14. The molecule has 27 heavy (non-hydrogen) atoms. The van der Waals surface area contributed by atoms with E-state index in [9.17, 15) is 14.6 Å². The zero-order valence-corrected chi connectivity index (χ0v) is 16.6. The van der Waals surface area contributed by atoms with Gasteiger partial charge in [-0.1, -0.05) is 36.0 Å². The molecule has 0 unspecified atom stereocenters. The van der Waals surface area contributed by atoms with E-state index in [2.05, 4.69) is 4.99 Å². The quantitative estimate of drug-likeness (QED) is 0.758. The van der Waals surface area contributed by atoms with Crippen molar-refractivity contribution in [3.8, 4) is 0 Å². The molecule has 3 rings (SSSR count). The molecule has 0 saturated carbocycles. The summed E-state index contributed by atoms with van der Waals surface area (Å²) in [6, 6.07) is 7.11. The molecule has 0 amide bonds. The van der Waals surface area contributed by atoms with Gasteiger partial charge in [-0.2, -0.15) is 0 Å². The maximum Gasteiger partial charge on any atom is 0.161 e. The molecule has 2 N–H and O–H groups in total. The highest BCUT2D eigenvalue weighted by atomic mass is 32.2. The Morgan fingerprint density at radius 3 is 2.52 bits per heavy atom.